The molecule has 18 heavy (non-hydrogen) atoms. The molecule has 0 saturated carbocycles. The number of carbonyl (C=O) groups is 2. The third-order valence-corrected chi connectivity index (χ3v) is 3.82. The molecular formula is C13H23N3O2. The molecule has 0 aromatic heterocycles. The van der Waals surface area contributed by atoms with E-state index in [1.165, 1.54) is 0 Å². The van der Waals surface area contributed by atoms with E-state index in [-0.39, 0.29) is 23.9 Å². The molecule has 5 heteroatoms. The number of hydrogen-bond acceptors (Lipinski definition) is 3. The fourth-order valence-corrected chi connectivity index (χ4v) is 2.71. The smallest absolute Gasteiger partial charge is 0.237 e. The van der Waals surface area contributed by atoms with Gasteiger partial charge in [-0.2, -0.15) is 0 Å². The Hall–Kier alpha value is -1.10. The molecular weight excluding hydrogens is 230 g/mol. The van der Waals surface area contributed by atoms with Crippen molar-refractivity contribution in [3.05, 3.63) is 0 Å². The molecule has 0 aromatic rings. The lowest BCUT2D eigenvalue weighted by Crippen LogP contribution is -2.50. The van der Waals surface area contributed by atoms with Gasteiger partial charge in [-0.15, -0.1) is 0 Å². The lowest BCUT2D eigenvalue weighted by molar-refractivity contribution is -0.130. The van der Waals surface area contributed by atoms with Crippen molar-refractivity contribution >= 4 is 11.8 Å². The van der Waals surface area contributed by atoms with Crippen LogP contribution in [-0.2, 0) is 9.59 Å². The molecule has 0 bridgehead atoms. The highest BCUT2D eigenvalue weighted by Gasteiger charge is 2.28. The third-order valence-electron chi connectivity index (χ3n) is 3.82. The number of hydrogen-bond donors (Lipinski definition) is 2. The first-order valence-electron chi connectivity index (χ1n) is 7.02. The van der Waals surface area contributed by atoms with E-state index in [1.807, 2.05) is 11.8 Å². The van der Waals surface area contributed by atoms with Gasteiger partial charge in [-0.1, -0.05) is 13.3 Å². The van der Waals surface area contributed by atoms with Gasteiger partial charge in [-0.25, -0.2) is 0 Å². The summed E-state index contributed by atoms with van der Waals surface area (Å²) in [7, 11) is 0. The summed E-state index contributed by atoms with van der Waals surface area (Å²) in [6.45, 7) is 4.25. The van der Waals surface area contributed by atoms with E-state index in [0.29, 0.717) is 13.0 Å². The molecule has 0 aromatic carbocycles. The zero-order valence-corrected chi connectivity index (χ0v) is 11.1. The van der Waals surface area contributed by atoms with Gasteiger partial charge in [0.15, 0.2) is 0 Å². The van der Waals surface area contributed by atoms with Crippen LogP contribution in [0.5, 0.6) is 0 Å². The molecule has 2 aliphatic heterocycles. The molecule has 0 spiro atoms. The molecule has 2 rings (SSSR count). The van der Waals surface area contributed by atoms with E-state index in [4.69, 9.17) is 0 Å². The third kappa shape index (κ3) is 3.22. The van der Waals surface area contributed by atoms with Crippen molar-refractivity contribution in [3.63, 3.8) is 0 Å². The molecule has 2 aliphatic rings. The van der Waals surface area contributed by atoms with E-state index >= 15 is 0 Å². The van der Waals surface area contributed by atoms with E-state index in [2.05, 4.69) is 10.6 Å². The van der Waals surface area contributed by atoms with Gasteiger partial charge in [-0.3, -0.25) is 9.59 Å². The minimum absolute atomic E-state index is 0.0327. The largest absolute Gasteiger partial charge is 0.350 e. The van der Waals surface area contributed by atoms with Gasteiger partial charge in [-0.05, 0) is 25.8 Å². The van der Waals surface area contributed by atoms with Crippen LogP contribution in [0.1, 0.15) is 39.0 Å². The Balaban J connectivity index is 1.76. The molecule has 2 fully saturated rings. The summed E-state index contributed by atoms with van der Waals surface area (Å²) in [4.78, 5) is 25.4. The fraction of sp³-hybridized carbons (Fsp3) is 0.846. The van der Waals surface area contributed by atoms with Crippen molar-refractivity contribution in [2.45, 2.75) is 51.1 Å². The quantitative estimate of drug-likeness (QED) is 0.758. The van der Waals surface area contributed by atoms with Crippen LogP contribution in [0.3, 0.4) is 0 Å². The normalized spacial score (nSPS) is 28.2. The predicted octanol–water partition coefficient (Wildman–Crippen LogP) is 0.256. The van der Waals surface area contributed by atoms with Crippen molar-refractivity contribution < 1.29 is 9.59 Å². The van der Waals surface area contributed by atoms with Crippen LogP contribution in [0.2, 0.25) is 0 Å². The Bertz CT molecular complexity index is 313. The van der Waals surface area contributed by atoms with Crippen molar-refractivity contribution in [1.82, 2.24) is 15.5 Å². The minimum atomic E-state index is -0.0327. The van der Waals surface area contributed by atoms with Crippen LogP contribution >= 0.6 is 0 Å². The Morgan fingerprint density at radius 2 is 2.17 bits per heavy atom. The number of likely N-dealkylation sites (tertiary alicyclic amines) is 1. The second-order valence-electron chi connectivity index (χ2n) is 5.19. The van der Waals surface area contributed by atoms with Crippen LogP contribution in [0.25, 0.3) is 0 Å². The second kappa shape index (κ2) is 6.18. The monoisotopic (exact) mass is 253 g/mol. The molecule has 5 nitrogen and oxygen atoms in total. The van der Waals surface area contributed by atoms with Crippen LogP contribution in [-0.4, -0.2) is 48.4 Å². The van der Waals surface area contributed by atoms with Gasteiger partial charge in [0.1, 0.15) is 0 Å². The summed E-state index contributed by atoms with van der Waals surface area (Å²) >= 11 is 0. The van der Waals surface area contributed by atoms with E-state index < -0.39 is 0 Å². The summed E-state index contributed by atoms with van der Waals surface area (Å²) in [5.41, 5.74) is 0. The Morgan fingerprint density at radius 3 is 2.83 bits per heavy atom. The topological polar surface area (TPSA) is 61.4 Å². The average Bonchev–Trinajstić information content (AvgIpc) is 2.87. The summed E-state index contributed by atoms with van der Waals surface area (Å²) in [6.07, 6.45) is 4.63. The predicted molar refractivity (Wildman–Crippen MR) is 69.1 cm³/mol. The summed E-state index contributed by atoms with van der Waals surface area (Å²) in [6, 6.07) is 0.103. The van der Waals surface area contributed by atoms with Crippen molar-refractivity contribution in [2.24, 2.45) is 0 Å². The lowest BCUT2D eigenvalue weighted by atomic mass is 10.0. The lowest BCUT2D eigenvalue weighted by Gasteiger charge is -2.24. The van der Waals surface area contributed by atoms with Crippen molar-refractivity contribution in [2.75, 3.05) is 19.6 Å². The Morgan fingerprint density at radius 1 is 1.33 bits per heavy atom. The molecule has 2 unspecified atom stereocenters. The first-order valence-corrected chi connectivity index (χ1v) is 7.02. The molecule has 0 radical (unpaired) electrons. The van der Waals surface area contributed by atoms with Gasteiger partial charge < -0.3 is 15.5 Å². The highest BCUT2D eigenvalue weighted by atomic mass is 16.2. The molecule has 2 heterocycles. The maximum atomic E-state index is 12.0. The van der Waals surface area contributed by atoms with E-state index in [9.17, 15) is 9.59 Å². The maximum absolute atomic E-state index is 12.0. The summed E-state index contributed by atoms with van der Waals surface area (Å²) in [5, 5.41) is 6.31. The first-order chi connectivity index (χ1) is 8.70. The van der Waals surface area contributed by atoms with Gasteiger partial charge in [0, 0.05) is 25.6 Å². The van der Waals surface area contributed by atoms with Crippen LogP contribution in [0.4, 0.5) is 0 Å². The van der Waals surface area contributed by atoms with E-state index in [1.54, 1.807) is 0 Å². The van der Waals surface area contributed by atoms with Crippen LogP contribution < -0.4 is 10.6 Å². The van der Waals surface area contributed by atoms with E-state index in [0.717, 1.165) is 38.8 Å². The molecule has 2 saturated heterocycles. The number of nitrogens with zero attached hydrogens (tertiary/aromatic N) is 1. The number of nitrogens with one attached hydrogen (secondary N) is 2. The maximum Gasteiger partial charge on any atom is 0.237 e. The van der Waals surface area contributed by atoms with Crippen molar-refractivity contribution in [3.8, 4) is 0 Å². The fourth-order valence-electron chi connectivity index (χ4n) is 2.71. The highest BCUT2D eigenvalue weighted by Crippen LogP contribution is 2.12. The summed E-state index contributed by atoms with van der Waals surface area (Å²) < 4.78 is 0. The second-order valence-corrected chi connectivity index (χ2v) is 5.19. The number of piperidine rings is 1. The Labute approximate surface area is 108 Å². The number of amides is 2. The van der Waals surface area contributed by atoms with Crippen LogP contribution in [0.15, 0.2) is 0 Å². The van der Waals surface area contributed by atoms with Crippen LogP contribution in [0, 0.1) is 0 Å². The molecule has 2 N–H and O–H groups in total. The minimum Gasteiger partial charge on any atom is -0.350 e. The number of carbonyl (C=O) groups excluding carboxylic acids is 2. The highest BCUT2D eigenvalue weighted by molar-refractivity contribution is 5.82. The molecule has 0 aliphatic carbocycles. The zero-order valence-electron chi connectivity index (χ0n) is 11.1. The first kappa shape index (κ1) is 13.3. The Kier molecular flexibility index (Phi) is 4.58. The number of rotatable bonds is 3. The average molecular weight is 253 g/mol. The summed E-state index contributed by atoms with van der Waals surface area (Å²) in [5.74, 6) is 0.285. The standard InChI is InChI=1S/C13H23N3O2/c1-2-12(17)16-8-6-10(9-16)15-13(18)11-5-3-4-7-14-11/h10-11,14H,2-9H2,1H3,(H,15,18). The van der Waals surface area contributed by atoms with Gasteiger partial charge in [0.25, 0.3) is 0 Å². The molecule has 102 valence electrons. The van der Waals surface area contributed by atoms with Gasteiger partial charge in [0.05, 0.1) is 6.04 Å². The SMILES string of the molecule is CCC(=O)N1CCC(NC(=O)C2CCCCN2)C1. The molecule has 2 atom stereocenters. The zero-order chi connectivity index (χ0) is 13.0. The van der Waals surface area contributed by atoms with Gasteiger partial charge >= 0.3 is 0 Å². The van der Waals surface area contributed by atoms with Gasteiger partial charge in [0.2, 0.25) is 11.8 Å². The molecule has 2 amide bonds. The van der Waals surface area contributed by atoms with Crippen molar-refractivity contribution in [1.29, 1.82) is 0 Å².